The summed E-state index contributed by atoms with van der Waals surface area (Å²) in [5.74, 6) is 0.620. The molecule has 1 unspecified atom stereocenters. The maximum atomic E-state index is 13.2. The van der Waals surface area contributed by atoms with E-state index in [2.05, 4.69) is 0 Å². The molecule has 32 heavy (non-hydrogen) atoms. The van der Waals surface area contributed by atoms with Crippen LogP contribution in [-0.2, 0) is 26.1 Å². The summed E-state index contributed by atoms with van der Waals surface area (Å²) >= 11 is 6.04. The van der Waals surface area contributed by atoms with E-state index in [0.29, 0.717) is 29.7 Å². The maximum Gasteiger partial charge on any atom is 0.262 e. The van der Waals surface area contributed by atoms with E-state index >= 15 is 0 Å². The van der Waals surface area contributed by atoms with Gasteiger partial charge in [0.05, 0.1) is 6.54 Å². The number of hydrogen-bond donors (Lipinski definition) is 1. The van der Waals surface area contributed by atoms with Crippen LogP contribution in [0.3, 0.4) is 0 Å². The molecule has 0 aliphatic carbocycles. The number of hydrogen-bond acceptors (Lipinski definition) is 4. The molecule has 10 heteroatoms. The average molecular weight is 493 g/mol. The van der Waals surface area contributed by atoms with Crippen LogP contribution in [-0.4, -0.2) is 73.4 Å². The number of fused-ring (bicyclic) bond motifs is 1. The van der Waals surface area contributed by atoms with Crippen molar-refractivity contribution in [3.05, 3.63) is 69.7 Å². The highest BCUT2D eigenvalue weighted by atomic mass is 35.5. The van der Waals surface area contributed by atoms with Gasteiger partial charge in [0.2, 0.25) is 5.91 Å². The Morgan fingerprint density at radius 3 is 2.53 bits per heavy atom. The van der Waals surface area contributed by atoms with Crippen LogP contribution in [0.4, 0.5) is 0 Å². The average Bonchev–Trinajstić information content (AvgIpc) is 3.19. The molecule has 1 fully saturated rings. The van der Waals surface area contributed by atoms with Gasteiger partial charge in [0.15, 0.2) is 0 Å². The number of nitrogens with zero attached hydrogens (tertiary/aromatic N) is 3. The standard InChI is InChI=1S/C22H25ClN4O3S2/c1-25(2)22(24)17-5-3-16(4-6-17)12-26-9-10-27(13-21(26)28)32(29,30)31-14-18-7-8-20(23)11-19(18)15-31/h3-8,11,14,24H,9-10,12-13,15H2,1-2H3. The Kier molecular flexibility index (Phi) is 6.44. The summed E-state index contributed by atoms with van der Waals surface area (Å²) in [5.41, 5.74) is 3.58. The number of piperazine rings is 1. The van der Waals surface area contributed by atoms with E-state index in [9.17, 15) is 13.2 Å². The molecule has 1 amide bonds. The number of carbonyl (C=O) groups is 1. The van der Waals surface area contributed by atoms with Crippen LogP contribution < -0.4 is 0 Å². The Morgan fingerprint density at radius 1 is 1.16 bits per heavy atom. The van der Waals surface area contributed by atoms with Gasteiger partial charge in [-0.25, -0.2) is 8.42 Å². The third-order valence-corrected chi connectivity index (χ3v) is 11.3. The fraction of sp³-hybridized carbons (Fsp3) is 0.318. The maximum absolute atomic E-state index is 13.2. The molecule has 2 aliphatic heterocycles. The van der Waals surface area contributed by atoms with Crippen LogP contribution in [0.5, 0.6) is 0 Å². The van der Waals surface area contributed by atoms with Gasteiger partial charge in [0.25, 0.3) is 9.06 Å². The summed E-state index contributed by atoms with van der Waals surface area (Å²) in [7, 11) is -0.964. The fourth-order valence-electron chi connectivity index (χ4n) is 3.71. The molecule has 0 spiro atoms. The van der Waals surface area contributed by atoms with E-state index in [1.165, 1.54) is 4.31 Å². The van der Waals surface area contributed by atoms with E-state index < -0.39 is 18.6 Å². The first-order valence-electron chi connectivity index (χ1n) is 10.1. The summed E-state index contributed by atoms with van der Waals surface area (Å²) in [6.45, 7) is 0.916. The molecule has 2 aromatic carbocycles. The van der Waals surface area contributed by atoms with Crippen molar-refractivity contribution in [2.45, 2.75) is 12.3 Å². The van der Waals surface area contributed by atoms with Crippen molar-refractivity contribution in [2.24, 2.45) is 0 Å². The first-order valence-corrected chi connectivity index (χ1v) is 13.9. The van der Waals surface area contributed by atoms with Crippen molar-refractivity contribution in [2.75, 3.05) is 33.7 Å². The highest BCUT2D eigenvalue weighted by Crippen LogP contribution is 2.38. The molecule has 0 saturated carbocycles. The van der Waals surface area contributed by atoms with Crippen LogP contribution in [0, 0.1) is 5.41 Å². The molecule has 0 bridgehead atoms. The number of benzene rings is 2. The zero-order chi connectivity index (χ0) is 23.0. The SMILES string of the molecule is CN(C)C(=N)c1ccc(CN2CCN(S(=O)(=O)S3=Cc4ccc(Cl)cc4C3)CC2=O)cc1. The van der Waals surface area contributed by atoms with Gasteiger partial charge in [0.1, 0.15) is 5.84 Å². The molecular weight excluding hydrogens is 468 g/mol. The lowest BCUT2D eigenvalue weighted by molar-refractivity contribution is -0.134. The lowest BCUT2D eigenvalue weighted by Crippen LogP contribution is -2.51. The van der Waals surface area contributed by atoms with Gasteiger partial charge in [-0.15, -0.1) is 0 Å². The minimum absolute atomic E-state index is 0.139. The first kappa shape index (κ1) is 23.0. The minimum atomic E-state index is -3.61. The van der Waals surface area contributed by atoms with Crippen molar-refractivity contribution in [1.29, 1.82) is 5.41 Å². The van der Waals surface area contributed by atoms with Crippen molar-refractivity contribution >= 4 is 47.3 Å². The van der Waals surface area contributed by atoms with Crippen molar-refractivity contribution < 1.29 is 13.2 Å². The second-order valence-corrected chi connectivity index (χ2v) is 13.7. The van der Waals surface area contributed by atoms with Gasteiger partial charge in [-0.2, -0.15) is 4.31 Å². The van der Waals surface area contributed by atoms with Gasteiger partial charge in [0, 0.05) is 50.1 Å². The van der Waals surface area contributed by atoms with Crippen LogP contribution in [0.25, 0.3) is 0 Å². The van der Waals surface area contributed by atoms with Crippen LogP contribution >= 0.6 is 21.1 Å². The Balaban J connectivity index is 1.40. The zero-order valence-electron chi connectivity index (χ0n) is 17.9. The molecule has 1 atom stereocenters. The number of amides is 1. The highest BCUT2D eigenvalue weighted by molar-refractivity contribution is 8.78. The van der Waals surface area contributed by atoms with Gasteiger partial charge in [-0.1, -0.05) is 51.4 Å². The quantitative estimate of drug-likeness (QED) is 0.301. The summed E-state index contributed by atoms with van der Waals surface area (Å²) in [4.78, 5) is 16.2. The van der Waals surface area contributed by atoms with E-state index in [-0.39, 0.29) is 19.0 Å². The molecule has 2 aromatic rings. The van der Waals surface area contributed by atoms with Crippen LogP contribution in [0.15, 0.2) is 42.5 Å². The van der Waals surface area contributed by atoms with E-state index in [1.807, 2.05) is 50.5 Å². The molecule has 0 radical (unpaired) electrons. The predicted molar refractivity (Wildman–Crippen MR) is 131 cm³/mol. The van der Waals surface area contributed by atoms with Crippen molar-refractivity contribution in [3.63, 3.8) is 0 Å². The molecule has 2 aliphatic rings. The zero-order valence-corrected chi connectivity index (χ0v) is 20.3. The Hall–Kier alpha value is -2.20. The Morgan fingerprint density at radius 2 is 1.88 bits per heavy atom. The molecule has 0 aromatic heterocycles. The number of halogens is 1. The first-order chi connectivity index (χ1) is 15.1. The summed E-state index contributed by atoms with van der Waals surface area (Å²) in [5, 5.41) is 10.4. The summed E-state index contributed by atoms with van der Waals surface area (Å²) in [6.07, 6.45) is 0. The molecule has 7 nitrogen and oxygen atoms in total. The van der Waals surface area contributed by atoms with Gasteiger partial charge < -0.3 is 9.80 Å². The lowest BCUT2D eigenvalue weighted by Gasteiger charge is -2.34. The lowest BCUT2D eigenvalue weighted by atomic mass is 10.1. The Bertz CT molecular complexity index is 1210. The minimum Gasteiger partial charge on any atom is -0.363 e. The number of nitrogens with one attached hydrogen (secondary N) is 1. The third-order valence-electron chi connectivity index (χ3n) is 5.58. The second kappa shape index (κ2) is 8.97. The number of carbonyl (C=O) groups excluding carboxylic acids is 1. The summed E-state index contributed by atoms with van der Waals surface area (Å²) < 4.78 is 27.7. The van der Waals surface area contributed by atoms with Crippen molar-refractivity contribution in [1.82, 2.24) is 14.1 Å². The molecule has 170 valence electrons. The van der Waals surface area contributed by atoms with Gasteiger partial charge >= 0.3 is 0 Å². The highest BCUT2D eigenvalue weighted by Gasteiger charge is 2.35. The smallest absolute Gasteiger partial charge is 0.262 e. The van der Waals surface area contributed by atoms with E-state index in [1.54, 1.807) is 21.2 Å². The van der Waals surface area contributed by atoms with Crippen molar-refractivity contribution in [3.8, 4) is 0 Å². The molecule has 4 rings (SSSR count). The molecule has 2 heterocycles. The monoisotopic (exact) mass is 492 g/mol. The normalized spacial score (nSPS) is 18.9. The molecular formula is C22H25ClN4O3S2. The second-order valence-electron chi connectivity index (χ2n) is 8.03. The summed E-state index contributed by atoms with van der Waals surface area (Å²) in [6, 6.07) is 12.9. The van der Waals surface area contributed by atoms with E-state index in [4.69, 9.17) is 17.0 Å². The predicted octanol–water partition coefficient (Wildman–Crippen LogP) is 2.75. The van der Waals surface area contributed by atoms with Crippen LogP contribution in [0.1, 0.15) is 22.3 Å². The topological polar surface area (TPSA) is 84.8 Å². The van der Waals surface area contributed by atoms with Gasteiger partial charge in [-0.05, 0) is 34.2 Å². The van der Waals surface area contributed by atoms with E-state index in [0.717, 1.165) is 22.3 Å². The fourth-order valence-corrected chi connectivity index (χ4v) is 8.87. The van der Waals surface area contributed by atoms with Crippen LogP contribution in [0.2, 0.25) is 5.02 Å². The molecule has 1 N–H and O–H groups in total. The Labute approximate surface area is 195 Å². The largest absolute Gasteiger partial charge is 0.363 e. The molecule has 1 saturated heterocycles. The third kappa shape index (κ3) is 4.61. The van der Waals surface area contributed by atoms with Gasteiger partial charge in [-0.3, -0.25) is 10.2 Å². The number of rotatable bonds is 5. The number of amidine groups is 1.